The molecule has 0 saturated carbocycles. The van der Waals surface area contributed by atoms with Crippen molar-refractivity contribution in [3.63, 3.8) is 0 Å². The van der Waals surface area contributed by atoms with Gasteiger partial charge in [-0.15, -0.1) is 0 Å². The van der Waals surface area contributed by atoms with E-state index in [-0.39, 0.29) is 11.3 Å². The van der Waals surface area contributed by atoms with E-state index in [9.17, 15) is 9.18 Å². The average Bonchev–Trinajstić information content (AvgIpc) is 2.32. The monoisotopic (exact) mass is 245 g/mol. The highest BCUT2D eigenvalue weighted by molar-refractivity contribution is 6.04. The number of aromatic nitrogens is 1. The van der Waals surface area contributed by atoms with Crippen molar-refractivity contribution in [1.82, 2.24) is 4.98 Å². The van der Waals surface area contributed by atoms with Crippen LogP contribution < -0.4 is 11.1 Å². The molecule has 1 heterocycles. The van der Waals surface area contributed by atoms with Gasteiger partial charge < -0.3 is 11.1 Å². The van der Waals surface area contributed by atoms with E-state index in [0.29, 0.717) is 5.82 Å². The van der Waals surface area contributed by atoms with Gasteiger partial charge in [0.2, 0.25) is 0 Å². The van der Waals surface area contributed by atoms with Crippen LogP contribution in [0.15, 0.2) is 36.5 Å². The number of anilines is 2. The number of hydrogen-bond donors (Lipinski definition) is 2. The molecular formula is C13H12FN3O. The Labute approximate surface area is 104 Å². The quantitative estimate of drug-likeness (QED) is 0.798. The van der Waals surface area contributed by atoms with E-state index in [4.69, 9.17) is 5.73 Å². The number of aryl methyl sites for hydroxylation is 1. The highest BCUT2D eigenvalue weighted by Crippen LogP contribution is 2.13. The van der Waals surface area contributed by atoms with Gasteiger partial charge in [-0.05, 0) is 36.8 Å². The normalized spacial score (nSPS) is 10.1. The Kier molecular flexibility index (Phi) is 3.23. The van der Waals surface area contributed by atoms with Gasteiger partial charge in [-0.2, -0.15) is 0 Å². The van der Waals surface area contributed by atoms with Crippen LogP contribution in [-0.4, -0.2) is 10.9 Å². The molecule has 0 aliphatic rings. The number of hydrogen-bond acceptors (Lipinski definition) is 3. The Morgan fingerprint density at radius 2 is 2.11 bits per heavy atom. The molecule has 4 nitrogen and oxygen atoms in total. The van der Waals surface area contributed by atoms with Crippen LogP contribution in [0.2, 0.25) is 0 Å². The van der Waals surface area contributed by atoms with Gasteiger partial charge in [-0.1, -0.05) is 6.07 Å². The largest absolute Gasteiger partial charge is 0.399 e. The molecular weight excluding hydrogens is 233 g/mol. The fourth-order valence-corrected chi connectivity index (χ4v) is 1.44. The van der Waals surface area contributed by atoms with Crippen LogP contribution in [0.25, 0.3) is 0 Å². The molecule has 92 valence electrons. The fourth-order valence-electron chi connectivity index (χ4n) is 1.44. The Morgan fingerprint density at radius 3 is 2.72 bits per heavy atom. The van der Waals surface area contributed by atoms with E-state index >= 15 is 0 Å². The number of rotatable bonds is 2. The van der Waals surface area contributed by atoms with Crippen molar-refractivity contribution < 1.29 is 9.18 Å². The zero-order chi connectivity index (χ0) is 13.1. The second-order valence-corrected chi connectivity index (χ2v) is 3.91. The van der Waals surface area contributed by atoms with Crippen molar-refractivity contribution in [2.75, 3.05) is 11.1 Å². The molecule has 0 radical (unpaired) electrons. The molecule has 0 spiro atoms. The first-order valence-corrected chi connectivity index (χ1v) is 5.35. The zero-order valence-electron chi connectivity index (χ0n) is 9.77. The minimum absolute atomic E-state index is 0.0634. The summed E-state index contributed by atoms with van der Waals surface area (Å²) < 4.78 is 13.5. The molecule has 0 fully saturated rings. The third kappa shape index (κ3) is 2.63. The topological polar surface area (TPSA) is 68.0 Å². The van der Waals surface area contributed by atoms with Crippen LogP contribution in [0.4, 0.5) is 15.9 Å². The number of nitrogens with one attached hydrogen (secondary N) is 1. The summed E-state index contributed by atoms with van der Waals surface area (Å²) in [7, 11) is 0. The second kappa shape index (κ2) is 4.83. The molecule has 1 aromatic heterocycles. The van der Waals surface area contributed by atoms with Gasteiger partial charge in [0.15, 0.2) is 0 Å². The molecule has 0 aliphatic carbocycles. The predicted molar refractivity (Wildman–Crippen MR) is 67.7 cm³/mol. The SMILES string of the molecule is Cc1ccc(NC(=O)c2ccc(N)cc2F)nc1. The van der Waals surface area contributed by atoms with Gasteiger partial charge in [0.05, 0.1) is 5.56 Å². The summed E-state index contributed by atoms with van der Waals surface area (Å²) in [6.45, 7) is 1.89. The van der Waals surface area contributed by atoms with Crippen LogP contribution >= 0.6 is 0 Å². The number of halogens is 1. The summed E-state index contributed by atoms with van der Waals surface area (Å²) in [5.41, 5.74) is 6.60. The summed E-state index contributed by atoms with van der Waals surface area (Å²) in [4.78, 5) is 15.8. The Morgan fingerprint density at radius 1 is 1.33 bits per heavy atom. The standard InChI is InChI=1S/C13H12FN3O/c1-8-2-5-12(16-7-8)17-13(18)10-4-3-9(15)6-11(10)14/h2-7H,15H2,1H3,(H,16,17,18). The minimum atomic E-state index is -0.653. The molecule has 1 aromatic carbocycles. The van der Waals surface area contributed by atoms with E-state index in [1.54, 1.807) is 12.3 Å². The number of nitrogens with two attached hydrogens (primary N) is 1. The Balaban J connectivity index is 2.19. The first-order chi connectivity index (χ1) is 8.56. The number of benzene rings is 1. The lowest BCUT2D eigenvalue weighted by Gasteiger charge is -2.06. The maximum atomic E-state index is 13.5. The third-order valence-corrected chi connectivity index (χ3v) is 2.39. The van der Waals surface area contributed by atoms with Gasteiger partial charge in [0, 0.05) is 11.9 Å². The van der Waals surface area contributed by atoms with E-state index in [0.717, 1.165) is 11.6 Å². The lowest BCUT2D eigenvalue weighted by Crippen LogP contribution is -2.14. The van der Waals surface area contributed by atoms with Crippen LogP contribution in [0.5, 0.6) is 0 Å². The molecule has 18 heavy (non-hydrogen) atoms. The molecule has 0 aliphatic heterocycles. The lowest BCUT2D eigenvalue weighted by molar-refractivity contribution is 0.102. The van der Waals surface area contributed by atoms with Crippen molar-refractivity contribution in [2.24, 2.45) is 0 Å². The van der Waals surface area contributed by atoms with Gasteiger partial charge in [-0.25, -0.2) is 9.37 Å². The van der Waals surface area contributed by atoms with E-state index in [2.05, 4.69) is 10.3 Å². The lowest BCUT2D eigenvalue weighted by atomic mass is 10.2. The van der Waals surface area contributed by atoms with Crippen LogP contribution in [0.3, 0.4) is 0 Å². The molecule has 0 atom stereocenters. The molecule has 0 bridgehead atoms. The molecule has 5 heteroatoms. The van der Waals surface area contributed by atoms with Crippen molar-refractivity contribution >= 4 is 17.4 Å². The average molecular weight is 245 g/mol. The Bertz CT molecular complexity index is 581. The Hall–Kier alpha value is -2.43. The van der Waals surface area contributed by atoms with Crippen molar-refractivity contribution in [3.05, 3.63) is 53.5 Å². The third-order valence-electron chi connectivity index (χ3n) is 2.39. The number of carbonyl (C=O) groups excluding carboxylic acids is 1. The van der Waals surface area contributed by atoms with Crippen LogP contribution in [0.1, 0.15) is 15.9 Å². The summed E-state index contributed by atoms with van der Waals surface area (Å²) in [5.74, 6) is -0.828. The summed E-state index contributed by atoms with van der Waals surface area (Å²) in [6, 6.07) is 7.39. The molecule has 2 rings (SSSR count). The summed E-state index contributed by atoms with van der Waals surface area (Å²) >= 11 is 0. The highest BCUT2D eigenvalue weighted by Gasteiger charge is 2.12. The number of carbonyl (C=O) groups is 1. The zero-order valence-corrected chi connectivity index (χ0v) is 9.77. The summed E-state index contributed by atoms with van der Waals surface area (Å²) in [6.07, 6.45) is 1.62. The summed E-state index contributed by atoms with van der Waals surface area (Å²) in [5, 5.41) is 2.51. The number of amides is 1. The van der Waals surface area contributed by atoms with E-state index < -0.39 is 11.7 Å². The first-order valence-electron chi connectivity index (χ1n) is 5.35. The maximum absolute atomic E-state index is 13.5. The minimum Gasteiger partial charge on any atom is -0.399 e. The first kappa shape index (κ1) is 12.0. The van der Waals surface area contributed by atoms with Gasteiger partial charge in [0.1, 0.15) is 11.6 Å². The highest BCUT2D eigenvalue weighted by atomic mass is 19.1. The molecule has 0 saturated heterocycles. The van der Waals surface area contributed by atoms with Gasteiger partial charge >= 0.3 is 0 Å². The van der Waals surface area contributed by atoms with Gasteiger partial charge in [-0.3, -0.25) is 4.79 Å². The van der Waals surface area contributed by atoms with Crippen molar-refractivity contribution in [2.45, 2.75) is 6.92 Å². The number of pyridine rings is 1. The van der Waals surface area contributed by atoms with Crippen LogP contribution in [-0.2, 0) is 0 Å². The maximum Gasteiger partial charge on any atom is 0.259 e. The van der Waals surface area contributed by atoms with Crippen molar-refractivity contribution in [3.8, 4) is 0 Å². The molecule has 3 N–H and O–H groups in total. The van der Waals surface area contributed by atoms with E-state index in [1.165, 1.54) is 12.1 Å². The van der Waals surface area contributed by atoms with Gasteiger partial charge in [0.25, 0.3) is 5.91 Å². The predicted octanol–water partition coefficient (Wildman–Crippen LogP) is 2.36. The molecule has 1 amide bonds. The van der Waals surface area contributed by atoms with Crippen molar-refractivity contribution in [1.29, 1.82) is 0 Å². The molecule has 2 aromatic rings. The second-order valence-electron chi connectivity index (χ2n) is 3.91. The van der Waals surface area contributed by atoms with E-state index in [1.807, 2.05) is 13.0 Å². The number of nitrogens with zero attached hydrogens (tertiary/aromatic N) is 1. The smallest absolute Gasteiger partial charge is 0.259 e. The molecule has 0 unspecified atom stereocenters. The fraction of sp³-hybridized carbons (Fsp3) is 0.0769. The van der Waals surface area contributed by atoms with Crippen LogP contribution in [0, 0.1) is 12.7 Å². The number of nitrogen functional groups attached to an aromatic ring is 1.